The lowest BCUT2D eigenvalue weighted by Crippen LogP contribution is -2.28. The van der Waals surface area contributed by atoms with Gasteiger partial charge in [-0.05, 0) is 44.5 Å². The van der Waals surface area contributed by atoms with Gasteiger partial charge in [0, 0.05) is 24.3 Å². The highest BCUT2D eigenvalue weighted by atomic mass is 35.5. The summed E-state index contributed by atoms with van der Waals surface area (Å²) in [5.41, 5.74) is 6.75. The Balaban J connectivity index is 0.00000484. The maximum Gasteiger partial charge on any atom is 0.319 e. The van der Waals surface area contributed by atoms with Crippen LogP contribution in [0.5, 0.6) is 0 Å². The number of nitrogens with one attached hydrogen (secondary N) is 3. The van der Waals surface area contributed by atoms with Gasteiger partial charge in [0.1, 0.15) is 0 Å². The SMILES string of the molecule is CCNC(=O)Nc1cccc(NC(=O)CCCCCCN)c1.Cl. The second-order valence-electron chi connectivity index (χ2n) is 5.07. The Morgan fingerprint density at radius 1 is 1.04 bits per heavy atom. The Morgan fingerprint density at radius 3 is 2.35 bits per heavy atom. The van der Waals surface area contributed by atoms with Crippen molar-refractivity contribution in [3.8, 4) is 0 Å². The summed E-state index contributed by atoms with van der Waals surface area (Å²) < 4.78 is 0. The third-order valence-corrected chi connectivity index (χ3v) is 3.10. The third-order valence-electron chi connectivity index (χ3n) is 3.10. The molecule has 7 heteroatoms. The van der Waals surface area contributed by atoms with E-state index >= 15 is 0 Å². The molecule has 0 bridgehead atoms. The molecule has 3 amide bonds. The van der Waals surface area contributed by atoms with E-state index in [1.807, 2.05) is 6.92 Å². The predicted octanol–water partition coefficient (Wildman–Crippen LogP) is 3.10. The summed E-state index contributed by atoms with van der Waals surface area (Å²) in [5, 5.41) is 8.21. The van der Waals surface area contributed by atoms with E-state index in [1.54, 1.807) is 24.3 Å². The highest BCUT2D eigenvalue weighted by Gasteiger charge is 2.04. The molecular formula is C16H27ClN4O2. The summed E-state index contributed by atoms with van der Waals surface area (Å²) >= 11 is 0. The zero-order valence-electron chi connectivity index (χ0n) is 13.6. The average Bonchev–Trinajstić information content (AvgIpc) is 2.47. The molecule has 1 rings (SSSR count). The maximum absolute atomic E-state index is 11.8. The van der Waals surface area contributed by atoms with Crippen molar-refractivity contribution >= 4 is 35.7 Å². The molecule has 0 aliphatic rings. The predicted molar refractivity (Wildman–Crippen MR) is 97.2 cm³/mol. The molecule has 1 aromatic carbocycles. The Hall–Kier alpha value is -1.79. The van der Waals surface area contributed by atoms with Crippen LogP contribution in [-0.4, -0.2) is 25.0 Å². The second-order valence-corrected chi connectivity index (χ2v) is 5.07. The zero-order chi connectivity index (χ0) is 16.2. The lowest BCUT2D eigenvalue weighted by Gasteiger charge is -2.09. The van der Waals surface area contributed by atoms with Crippen LogP contribution in [-0.2, 0) is 4.79 Å². The molecule has 0 atom stereocenters. The summed E-state index contributed by atoms with van der Waals surface area (Å²) in [6.07, 6.45) is 4.45. The highest BCUT2D eigenvalue weighted by Crippen LogP contribution is 2.15. The number of nitrogens with two attached hydrogens (primary N) is 1. The Morgan fingerprint density at radius 2 is 1.70 bits per heavy atom. The van der Waals surface area contributed by atoms with Gasteiger partial charge in [-0.2, -0.15) is 0 Å². The van der Waals surface area contributed by atoms with Crippen molar-refractivity contribution in [2.75, 3.05) is 23.7 Å². The number of anilines is 2. The first kappa shape index (κ1) is 21.2. The smallest absolute Gasteiger partial charge is 0.319 e. The number of rotatable bonds is 9. The van der Waals surface area contributed by atoms with Gasteiger partial charge in [0.2, 0.25) is 5.91 Å². The number of carbonyl (C=O) groups is 2. The van der Waals surface area contributed by atoms with Crippen LogP contribution < -0.4 is 21.7 Å². The average molecular weight is 343 g/mol. The van der Waals surface area contributed by atoms with Crippen LogP contribution in [0.1, 0.15) is 39.0 Å². The van der Waals surface area contributed by atoms with E-state index in [1.165, 1.54) is 0 Å². The van der Waals surface area contributed by atoms with Crippen molar-refractivity contribution in [2.45, 2.75) is 39.0 Å². The van der Waals surface area contributed by atoms with Crippen molar-refractivity contribution in [3.05, 3.63) is 24.3 Å². The van der Waals surface area contributed by atoms with Gasteiger partial charge < -0.3 is 21.7 Å². The summed E-state index contributed by atoms with van der Waals surface area (Å²) in [5.74, 6) is -0.0112. The molecule has 0 aromatic heterocycles. The van der Waals surface area contributed by atoms with Crippen LogP contribution in [0.4, 0.5) is 16.2 Å². The molecule has 5 N–H and O–H groups in total. The molecule has 0 aliphatic carbocycles. The third kappa shape index (κ3) is 9.76. The number of urea groups is 1. The van der Waals surface area contributed by atoms with E-state index in [-0.39, 0.29) is 24.3 Å². The molecule has 0 aliphatic heterocycles. The van der Waals surface area contributed by atoms with Crippen LogP contribution >= 0.6 is 12.4 Å². The van der Waals surface area contributed by atoms with E-state index in [4.69, 9.17) is 5.73 Å². The fraction of sp³-hybridized carbons (Fsp3) is 0.500. The number of carbonyl (C=O) groups excluding carboxylic acids is 2. The van der Waals surface area contributed by atoms with Gasteiger partial charge in [-0.15, -0.1) is 12.4 Å². The number of hydrogen-bond acceptors (Lipinski definition) is 3. The molecule has 130 valence electrons. The minimum atomic E-state index is -0.258. The van der Waals surface area contributed by atoms with Gasteiger partial charge in [0.25, 0.3) is 0 Å². The van der Waals surface area contributed by atoms with E-state index in [0.717, 1.165) is 25.7 Å². The summed E-state index contributed by atoms with van der Waals surface area (Å²) in [4.78, 5) is 23.3. The van der Waals surface area contributed by atoms with Crippen molar-refractivity contribution in [2.24, 2.45) is 5.73 Å². The molecular weight excluding hydrogens is 316 g/mol. The lowest BCUT2D eigenvalue weighted by atomic mass is 10.1. The molecule has 0 radical (unpaired) electrons. The monoisotopic (exact) mass is 342 g/mol. The van der Waals surface area contributed by atoms with Crippen LogP contribution in [0.25, 0.3) is 0 Å². The normalized spacial score (nSPS) is 9.65. The molecule has 0 spiro atoms. The van der Waals surface area contributed by atoms with Crippen molar-refractivity contribution in [1.29, 1.82) is 0 Å². The fourth-order valence-corrected chi connectivity index (χ4v) is 2.02. The minimum Gasteiger partial charge on any atom is -0.338 e. The van der Waals surface area contributed by atoms with E-state index in [2.05, 4.69) is 16.0 Å². The van der Waals surface area contributed by atoms with Gasteiger partial charge in [-0.25, -0.2) is 4.79 Å². The summed E-state index contributed by atoms with van der Waals surface area (Å²) in [6.45, 7) is 3.12. The molecule has 1 aromatic rings. The van der Waals surface area contributed by atoms with E-state index in [9.17, 15) is 9.59 Å². The fourth-order valence-electron chi connectivity index (χ4n) is 2.02. The van der Waals surface area contributed by atoms with Crippen molar-refractivity contribution in [1.82, 2.24) is 5.32 Å². The summed E-state index contributed by atoms with van der Waals surface area (Å²) in [6, 6.07) is 6.85. The molecule has 0 heterocycles. The Kier molecular flexibility index (Phi) is 11.7. The first-order chi connectivity index (χ1) is 10.7. The second kappa shape index (κ2) is 12.7. The van der Waals surface area contributed by atoms with Crippen LogP contribution in [0.2, 0.25) is 0 Å². The molecule has 0 unspecified atom stereocenters. The number of halogens is 1. The molecule has 0 saturated carbocycles. The van der Waals surface area contributed by atoms with E-state index < -0.39 is 0 Å². The maximum atomic E-state index is 11.8. The Labute approximate surface area is 144 Å². The number of amides is 3. The number of unbranched alkanes of at least 4 members (excludes halogenated alkanes) is 3. The van der Waals surface area contributed by atoms with E-state index in [0.29, 0.717) is 30.9 Å². The van der Waals surface area contributed by atoms with Gasteiger partial charge >= 0.3 is 6.03 Å². The Bertz CT molecular complexity index is 483. The first-order valence-electron chi connectivity index (χ1n) is 7.80. The molecule has 0 saturated heterocycles. The quantitative estimate of drug-likeness (QED) is 0.519. The van der Waals surface area contributed by atoms with Gasteiger partial charge in [-0.3, -0.25) is 4.79 Å². The van der Waals surface area contributed by atoms with Crippen molar-refractivity contribution < 1.29 is 9.59 Å². The first-order valence-corrected chi connectivity index (χ1v) is 7.80. The minimum absolute atomic E-state index is 0. The molecule has 0 fully saturated rings. The van der Waals surface area contributed by atoms with Crippen LogP contribution in [0.15, 0.2) is 24.3 Å². The van der Waals surface area contributed by atoms with Gasteiger partial charge in [-0.1, -0.05) is 18.9 Å². The van der Waals surface area contributed by atoms with Crippen LogP contribution in [0.3, 0.4) is 0 Å². The largest absolute Gasteiger partial charge is 0.338 e. The topological polar surface area (TPSA) is 96.2 Å². The summed E-state index contributed by atoms with van der Waals surface area (Å²) in [7, 11) is 0. The number of hydrogen-bond donors (Lipinski definition) is 4. The van der Waals surface area contributed by atoms with Crippen LogP contribution in [0, 0.1) is 0 Å². The van der Waals surface area contributed by atoms with Gasteiger partial charge in [0.05, 0.1) is 0 Å². The highest BCUT2D eigenvalue weighted by molar-refractivity contribution is 5.93. The van der Waals surface area contributed by atoms with Gasteiger partial charge in [0.15, 0.2) is 0 Å². The molecule has 23 heavy (non-hydrogen) atoms. The zero-order valence-corrected chi connectivity index (χ0v) is 14.4. The van der Waals surface area contributed by atoms with Crippen molar-refractivity contribution in [3.63, 3.8) is 0 Å². The lowest BCUT2D eigenvalue weighted by molar-refractivity contribution is -0.116. The number of benzene rings is 1. The standard InChI is InChI=1S/C16H26N4O2.ClH/c1-2-18-16(22)20-14-9-7-8-13(12-14)19-15(21)10-5-3-4-6-11-17;/h7-9,12H,2-6,10-11,17H2,1H3,(H,19,21)(H2,18,20,22);1H. The molecule has 6 nitrogen and oxygen atoms in total.